The molecule has 112 valence electrons. The summed E-state index contributed by atoms with van der Waals surface area (Å²) in [5.74, 6) is 3.56. The minimum absolute atomic E-state index is 0.740. The van der Waals surface area contributed by atoms with Gasteiger partial charge in [-0.1, -0.05) is 19.1 Å². The SMILES string of the molecule is CCNCc1cccc(OCCN(C)C2CCSC2)c1. The molecule has 1 fully saturated rings. The molecule has 2 rings (SSSR count). The molecule has 3 nitrogen and oxygen atoms in total. The molecule has 1 saturated heterocycles. The van der Waals surface area contributed by atoms with Gasteiger partial charge in [0.15, 0.2) is 0 Å². The lowest BCUT2D eigenvalue weighted by atomic mass is 10.2. The fourth-order valence-corrected chi connectivity index (χ4v) is 3.67. The summed E-state index contributed by atoms with van der Waals surface area (Å²) in [5, 5.41) is 3.34. The quantitative estimate of drug-likeness (QED) is 0.796. The zero-order valence-corrected chi connectivity index (χ0v) is 13.4. The summed E-state index contributed by atoms with van der Waals surface area (Å²) < 4.78 is 5.88. The maximum absolute atomic E-state index is 5.88. The summed E-state index contributed by atoms with van der Waals surface area (Å²) >= 11 is 2.06. The van der Waals surface area contributed by atoms with Gasteiger partial charge in [-0.3, -0.25) is 4.90 Å². The topological polar surface area (TPSA) is 24.5 Å². The summed E-state index contributed by atoms with van der Waals surface area (Å²) in [6, 6.07) is 9.12. The highest BCUT2D eigenvalue weighted by atomic mass is 32.2. The van der Waals surface area contributed by atoms with Crippen LogP contribution in [-0.4, -0.2) is 49.2 Å². The van der Waals surface area contributed by atoms with Crippen molar-refractivity contribution in [3.63, 3.8) is 0 Å². The Bertz CT molecular complexity index is 394. The molecular formula is C16H26N2OS. The molecule has 0 spiro atoms. The average Bonchev–Trinajstić information content (AvgIpc) is 3.00. The Kier molecular flexibility index (Phi) is 6.70. The van der Waals surface area contributed by atoms with Gasteiger partial charge in [-0.2, -0.15) is 11.8 Å². The second-order valence-corrected chi connectivity index (χ2v) is 6.42. The largest absolute Gasteiger partial charge is 0.492 e. The van der Waals surface area contributed by atoms with Crippen LogP contribution in [0.25, 0.3) is 0 Å². The van der Waals surface area contributed by atoms with Gasteiger partial charge in [-0.05, 0) is 43.5 Å². The fraction of sp³-hybridized carbons (Fsp3) is 0.625. The van der Waals surface area contributed by atoms with Gasteiger partial charge in [0.2, 0.25) is 0 Å². The van der Waals surface area contributed by atoms with Crippen LogP contribution < -0.4 is 10.1 Å². The number of ether oxygens (including phenoxy) is 1. The highest BCUT2D eigenvalue weighted by Crippen LogP contribution is 2.21. The van der Waals surface area contributed by atoms with E-state index in [2.05, 4.69) is 54.1 Å². The Morgan fingerprint density at radius 1 is 1.45 bits per heavy atom. The molecule has 1 aliphatic heterocycles. The number of hydrogen-bond donors (Lipinski definition) is 1. The Morgan fingerprint density at radius 3 is 3.10 bits per heavy atom. The molecule has 4 heteroatoms. The fourth-order valence-electron chi connectivity index (χ4n) is 2.37. The molecule has 1 heterocycles. The van der Waals surface area contributed by atoms with Crippen molar-refractivity contribution >= 4 is 11.8 Å². The van der Waals surface area contributed by atoms with Crippen LogP contribution in [0.4, 0.5) is 0 Å². The molecule has 0 saturated carbocycles. The van der Waals surface area contributed by atoms with Crippen molar-refractivity contribution in [3.05, 3.63) is 29.8 Å². The third-order valence-electron chi connectivity index (χ3n) is 3.72. The van der Waals surface area contributed by atoms with E-state index >= 15 is 0 Å². The van der Waals surface area contributed by atoms with E-state index in [0.717, 1.165) is 38.0 Å². The third kappa shape index (κ3) is 5.00. The van der Waals surface area contributed by atoms with Gasteiger partial charge < -0.3 is 10.1 Å². The molecule has 0 aliphatic carbocycles. The van der Waals surface area contributed by atoms with Crippen molar-refractivity contribution in [3.8, 4) is 5.75 Å². The number of rotatable bonds is 8. The van der Waals surface area contributed by atoms with Crippen LogP contribution in [0.15, 0.2) is 24.3 Å². The standard InChI is InChI=1S/C16H26N2OS/c1-3-17-12-14-5-4-6-16(11-14)19-9-8-18(2)15-7-10-20-13-15/h4-6,11,15,17H,3,7-10,12-13H2,1-2H3. The zero-order chi connectivity index (χ0) is 14.2. The minimum Gasteiger partial charge on any atom is -0.492 e. The number of nitrogens with one attached hydrogen (secondary N) is 1. The van der Waals surface area contributed by atoms with Crippen molar-refractivity contribution in [1.82, 2.24) is 10.2 Å². The normalized spacial score (nSPS) is 18.6. The van der Waals surface area contributed by atoms with Crippen LogP contribution in [0.5, 0.6) is 5.75 Å². The summed E-state index contributed by atoms with van der Waals surface area (Å²) in [7, 11) is 2.21. The van der Waals surface area contributed by atoms with Crippen molar-refractivity contribution in [2.24, 2.45) is 0 Å². The van der Waals surface area contributed by atoms with E-state index in [1.165, 1.54) is 23.5 Å². The first-order valence-corrected chi connectivity index (χ1v) is 8.65. The lowest BCUT2D eigenvalue weighted by Gasteiger charge is -2.23. The Balaban J connectivity index is 1.72. The first kappa shape index (κ1) is 15.7. The van der Waals surface area contributed by atoms with E-state index in [1.807, 2.05) is 6.07 Å². The highest BCUT2D eigenvalue weighted by Gasteiger charge is 2.19. The van der Waals surface area contributed by atoms with E-state index in [-0.39, 0.29) is 0 Å². The molecule has 0 aromatic heterocycles. The Hall–Kier alpha value is -0.710. The molecule has 1 N–H and O–H groups in total. The van der Waals surface area contributed by atoms with Crippen LogP contribution in [0.3, 0.4) is 0 Å². The maximum atomic E-state index is 5.88. The van der Waals surface area contributed by atoms with Crippen molar-refractivity contribution in [2.45, 2.75) is 25.9 Å². The molecule has 1 aromatic rings. The zero-order valence-electron chi connectivity index (χ0n) is 12.6. The lowest BCUT2D eigenvalue weighted by molar-refractivity contribution is 0.202. The smallest absolute Gasteiger partial charge is 0.119 e. The second-order valence-electron chi connectivity index (χ2n) is 5.27. The second kappa shape index (κ2) is 8.55. The lowest BCUT2D eigenvalue weighted by Crippen LogP contribution is -2.34. The predicted octanol–water partition coefficient (Wildman–Crippen LogP) is 2.61. The predicted molar refractivity (Wildman–Crippen MR) is 87.7 cm³/mol. The summed E-state index contributed by atoms with van der Waals surface area (Å²) in [6.45, 7) is 5.80. The van der Waals surface area contributed by atoms with Gasteiger partial charge in [-0.15, -0.1) is 0 Å². The summed E-state index contributed by atoms with van der Waals surface area (Å²) in [5.41, 5.74) is 1.28. The summed E-state index contributed by atoms with van der Waals surface area (Å²) in [6.07, 6.45) is 1.32. The first-order valence-electron chi connectivity index (χ1n) is 7.50. The number of benzene rings is 1. The highest BCUT2D eigenvalue weighted by molar-refractivity contribution is 7.99. The van der Waals surface area contributed by atoms with Gasteiger partial charge in [0.25, 0.3) is 0 Å². The van der Waals surface area contributed by atoms with Gasteiger partial charge in [-0.25, -0.2) is 0 Å². The molecule has 1 atom stereocenters. The van der Waals surface area contributed by atoms with Gasteiger partial charge in [0, 0.05) is 24.9 Å². The van der Waals surface area contributed by atoms with Gasteiger partial charge in [0.05, 0.1) is 0 Å². The van der Waals surface area contributed by atoms with Crippen LogP contribution in [0.1, 0.15) is 18.9 Å². The third-order valence-corrected chi connectivity index (χ3v) is 4.86. The molecule has 0 radical (unpaired) electrons. The van der Waals surface area contributed by atoms with Gasteiger partial charge in [0.1, 0.15) is 12.4 Å². The van der Waals surface area contributed by atoms with Crippen molar-refractivity contribution in [1.29, 1.82) is 0 Å². The average molecular weight is 294 g/mol. The van der Waals surface area contributed by atoms with E-state index in [0.29, 0.717) is 0 Å². The van der Waals surface area contributed by atoms with Crippen LogP contribution in [0, 0.1) is 0 Å². The van der Waals surface area contributed by atoms with Crippen LogP contribution >= 0.6 is 11.8 Å². The number of thioether (sulfide) groups is 1. The number of nitrogens with zero attached hydrogens (tertiary/aromatic N) is 1. The maximum Gasteiger partial charge on any atom is 0.119 e. The Labute approximate surface area is 127 Å². The number of likely N-dealkylation sites (N-methyl/N-ethyl adjacent to an activating group) is 1. The molecule has 20 heavy (non-hydrogen) atoms. The molecule has 0 bridgehead atoms. The van der Waals surface area contributed by atoms with Crippen LogP contribution in [-0.2, 0) is 6.54 Å². The molecule has 0 amide bonds. The van der Waals surface area contributed by atoms with Gasteiger partial charge >= 0.3 is 0 Å². The first-order chi connectivity index (χ1) is 9.79. The summed E-state index contributed by atoms with van der Waals surface area (Å²) in [4.78, 5) is 2.43. The number of hydrogen-bond acceptors (Lipinski definition) is 4. The van der Waals surface area contributed by atoms with E-state index in [4.69, 9.17) is 4.74 Å². The van der Waals surface area contributed by atoms with Crippen molar-refractivity contribution in [2.75, 3.05) is 38.2 Å². The van der Waals surface area contributed by atoms with E-state index < -0.39 is 0 Å². The minimum atomic E-state index is 0.740. The van der Waals surface area contributed by atoms with Crippen molar-refractivity contribution < 1.29 is 4.74 Å². The molecular weight excluding hydrogens is 268 g/mol. The van der Waals surface area contributed by atoms with E-state index in [9.17, 15) is 0 Å². The Morgan fingerprint density at radius 2 is 2.35 bits per heavy atom. The molecule has 1 aromatic carbocycles. The van der Waals surface area contributed by atoms with Crippen LogP contribution in [0.2, 0.25) is 0 Å². The van der Waals surface area contributed by atoms with E-state index in [1.54, 1.807) is 0 Å². The molecule has 1 unspecified atom stereocenters. The monoisotopic (exact) mass is 294 g/mol. The molecule has 1 aliphatic rings.